The van der Waals surface area contributed by atoms with Crippen LogP contribution in [0.5, 0.6) is 0 Å². The second-order valence-corrected chi connectivity index (χ2v) is 6.77. The number of nitrogens with one attached hydrogen (secondary N) is 1. The van der Waals surface area contributed by atoms with Gasteiger partial charge in [0, 0.05) is 42.6 Å². The minimum atomic E-state index is 0.312. The summed E-state index contributed by atoms with van der Waals surface area (Å²) in [6.45, 7) is 14.4. The molecule has 1 N–H and O–H groups in total. The SMILES string of the molecule is Cc1ncc(C(C)NC[C@@H]2CCCN2CC(C)C)c(C)n1. The Morgan fingerprint density at radius 2 is 2.10 bits per heavy atom. The van der Waals surface area contributed by atoms with Gasteiger partial charge in [-0.1, -0.05) is 13.8 Å². The Hall–Kier alpha value is -1.00. The van der Waals surface area contributed by atoms with Crippen molar-refractivity contribution in [2.24, 2.45) is 5.92 Å². The minimum absolute atomic E-state index is 0.312. The van der Waals surface area contributed by atoms with Crippen LogP contribution in [0.15, 0.2) is 6.20 Å². The first-order chi connectivity index (χ1) is 9.97. The van der Waals surface area contributed by atoms with Crippen molar-refractivity contribution in [3.05, 3.63) is 23.3 Å². The van der Waals surface area contributed by atoms with Crippen LogP contribution in [0.25, 0.3) is 0 Å². The molecule has 0 amide bonds. The molecule has 0 bridgehead atoms. The summed E-state index contributed by atoms with van der Waals surface area (Å²) >= 11 is 0. The summed E-state index contributed by atoms with van der Waals surface area (Å²) in [6.07, 6.45) is 4.62. The Morgan fingerprint density at radius 3 is 2.76 bits per heavy atom. The highest BCUT2D eigenvalue weighted by molar-refractivity contribution is 5.19. The van der Waals surface area contributed by atoms with E-state index in [-0.39, 0.29) is 0 Å². The molecule has 2 atom stereocenters. The van der Waals surface area contributed by atoms with E-state index in [1.165, 1.54) is 31.5 Å². The molecule has 0 radical (unpaired) electrons. The zero-order chi connectivity index (χ0) is 15.4. The molecule has 1 aromatic heterocycles. The summed E-state index contributed by atoms with van der Waals surface area (Å²) < 4.78 is 0. The summed E-state index contributed by atoms with van der Waals surface area (Å²) in [5.41, 5.74) is 2.31. The fourth-order valence-electron chi connectivity index (χ4n) is 3.28. The summed E-state index contributed by atoms with van der Waals surface area (Å²) in [5, 5.41) is 3.68. The van der Waals surface area contributed by atoms with Crippen LogP contribution < -0.4 is 5.32 Å². The average Bonchev–Trinajstić information content (AvgIpc) is 2.82. The largest absolute Gasteiger partial charge is 0.309 e. The van der Waals surface area contributed by atoms with Crippen molar-refractivity contribution in [1.29, 1.82) is 0 Å². The van der Waals surface area contributed by atoms with E-state index in [0.717, 1.165) is 24.0 Å². The zero-order valence-electron chi connectivity index (χ0n) is 14.2. The molecule has 1 aliphatic rings. The van der Waals surface area contributed by atoms with Crippen molar-refractivity contribution in [3.8, 4) is 0 Å². The standard InChI is InChI=1S/C17H30N4/c1-12(2)11-21-8-6-7-16(21)9-18-13(3)17-10-19-15(5)20-14(17)4/h10,12-13,16,18H,6-9,11H2,1-5H3/t13?,16-/m0/s1. The lowest BCUT2D eigenvalue weighted by atomic mass is 10.1. The Kier molecular flexibility index (Phi) is 5.71. The van der Waals surface area contributed by atoms with E-state index in [2.05, 4.69) is 47.9 Å². The van der Waals surface area contributed by atoms with Gasteiger partial charge in [-0.15, -0.1) is 0 Å². The molecule has 0 saturated carbocycles. The van der Waals surface area contributed by atoms with Gasteiger partial charge in [0.1, 0.15) is 5.82 Å². The van der Waals surface area contributed by atoms with E-state index in [1.807, 2.05) is 13.1 Å². The van der Waals surface area contributed by atoms with Crippen LogP contribution in [0.1, 0.15) is 56.7 Å². The minimum Gasteiger partial charge on any atom is -0.309 e. The number of aryl methyl sites for hydroxylation is 2. The fourth-order valence-corrected chi connectivity index (χ4v) is 3.28. The van der Waals surface area contributed by atoms with Crippen LogP contribution in [-0.4, -0.2) is 40.5 Å². The molecule has 1 unspecified atom stereocenters. The third-order valence-corrected chi connectivity index (χ3v) is 4.36. The summed E-state index contributed by atoms with van der Waals surface area (Å²) in [5.74, 6) is 1.60. The second kappa shape index (κ2) is 7.32. The lowest BCUT2D eigenvalue weighted by molar-refractivity contribution is 0.218. The van der Waals surface area contributed by atoms with E-state index in [9.17, 15) is 0 Å². The van der Waals surface area contributed by atoms with Crippen LogP contribution in [0.3, 0.4) is 0 Å². The first kappa shape index (κ1) is 16.4. The molecular formula is C17H30N4. The number of hydrogen-bond donors (Lipinski definition) is 1. The molecule has 2 heterocycles. The van der Waals surface area contributed by atoms with Crippen molar-refractivity contribution < 1.29 is 0 Å². The number of rotatable bonds is 6. The number of hydrogen-bond acceptors (Lipinski definition) is 4. The average molecular weight is 290 g/mol. The summed E-state index contributed by atoms with van der Waals surface area (Å²) in [4.78, 5) is 11.4. The van der Waals surface area contributed by atoms with Crippen LogP contribution in [0.2, 0.25) is 0 Å². The van der Waals surface area contributed by atoms with Crippen molar-refractivity contribution >= 4 is 0 Å². The smallest absolute Gasteiger partial charge is 0.125 e. The van der Waals surface area contributed by atoms with Crippen LogP contribution in [0.4, 0.5) is 0 Å². The van der Waals surface area contributed by atoms with Crippen LogP contribution in [-0.2, 0) is 0 Å². The topological polar surface area (TPSA) is 41.1 Å². The molecule has 21 heavy (non-hydrogen) atoms. The molecule has 118 valence electrons. The fraction of sp³-hybridized carbons (Fsp3) is 0.765. The van der Waals surface area contributed by atoms with Gasteiger partial charge < -0.3 is 5.32 Å². The molecule has 0 spiro atoms. The molecule has 0 aliphatic carbocycles. The van der Waals surface area contributed by atoms with Crippen LogP contribution >= 0.6 is 0 Å². The third kappa shape index (κ3) is 4.48. The van der Waals surface area contributed by atoms with Gasteiger partial charge in [0.05, 0.1) is 0 Å². The quantitative estimate of drug-likeness (QED) is 0.874. The van der Waals surface area contributed by atoms with E-state index in [1.54, 1.807) is 0 Å². The molecule has 2 rings (SSSR count). The Balaban J connectivity index is 1.89. The second-order valence-electron chi connectivity index (χ2n) is 6.77. The van der Waals surface area contributed by atoms with E-state index in [0.29, 0.717) is 12.1 Å². The number of aromatic nitrogens is 2. The van der Waals surface area contributed by atoms with Gasteiger partial charge in [-0.25, -0.2) is 9.97 Å². The van der Waals surface area contributed by atoms with Gasteiger partial charge in [-0.2, -0.15) is 0 Å². The third-order valence-electron chi connectivity index (χ3n) is 4.36. The van der Waals surface area contributed by atoms with E-state index >= 15 is 0 Å². The highest BCUT2D eigenvalue weighted by Crippen LogP contribution is 2.20. The van der Waals surface area contributed by atoms with E-state index < -0.39 is 0 Å². The first-order valence-corrected chi connectivity index (χ1v) is 8.25. The monoisotopic (exact) mass is 290 g/mol. The Morgan fingerprint density at radius 1 is 1.33 bits per heavy atom. The van der Waals surface area contributed by atoms with Gasteiger partial charge in [0.25, 0.3) is 0 Å². The summed E-state index contributed by atoms with van der Waals surface area (Å²) in [7, 11) is 0. The predicted molar refractivity (Wildman–Crippen MR) is 87.4 cm³/mol. The molecule has 4 heteroatoms. The molecule has 1 saturated heterocycles. The Bertz CT molecular complexity index is 458. The molecule has 1 aromatic rings. The van der Waals surface area contributed by atoms with E-state index in [4.69, 9.17) is 0 Å². The Labute approximate surface area is 129 Å². The lowest BCUT2D eigenvalue weighted by Gasteiger charge is -2.28. The van der Waals surface area contributed by atoms with Crippen LogP contribution in [0, 0.1) is 19.8 Å². The number of nitrogens with zero attached hydrogens (tertiary/aromatic N) is 3. The molecular weight excluding hydrogens is 260 g/mol. The maximum atomic E-state index is 4.47. The lowest BCUT2D eigenvalue weighted by Crippen LogP contribution is -2.40. The molecule has 0 aromatic carbocycles. The van der Waals surface area contributed by atoms with Crippen molar-refractivity contribution in [2.45, 2.75) is 59.5 Å². The maximum absolute atomic E-state index is 4.47. The van der Waals surface area contributed by atoms with Gasteiger partial charge in [-0.05, 0) is 46.1 Å². The normalized spacial score (nSPS) is 21.1. The predicted octanol–water partition coefficient (Wildman–Crippen LogP) is 2.86. The highest BCUT2D eigenvalue weighted by atomic mass is 15.2. The van der Waals surface area contributed by atoms with Gasteiger partial charge >= 0.3 is 0 Å². The van der Waals surface area contributed by atoms with Gasteiger partial charge in [-0.3, -0.25) is 4.90 Å². The van der Waals surface area contributed by atoms with Gasteiger partial charge in [0.15, 0.2) is 0 Å². The molecule has 1 fully saturated rings. The van der Waals surface area contributed by atoms with Gasteiger partial charge in [0.2, 0.25) is 0 Å². The summed E-state index contributed by atoms with van der Waals surface area (Å²) in [6, 6.07) is 0.994. The van der Waals surface area contributed by atoms with Crippen molar-refractivity contribution in [2.75, 3.05) is 19.6 Å². The van der Waals surface area contributed by atoms with Crippen molar-refractivity contribution in [3.63, 3.8) is 0 Å². The zero-order valence-corrected chi connectivity index (χ0v) is 14.2. The maximum Gasteiger partial charge on any atom is 0.125 e. The van der Waals surface area contributed by atoms with Crippen molar-refractivity contribution in [1.82, 2.24) is 20.2 Å². The highest BCUT2D eigenvalue weighted by Gasteiger charge is 2.25. The number of likely N-dealkylation sites (tertiary alicyclic amines) is 1. The molecule has 4 nitrogen and oxygen atoms in total. The molecule has 1 aliphatic heterocycles. The first-order valence-electron chi connectivity index (χ1n) is 8.25.